The number of pyridine rings is 1. The molecule has 0 saturated heterocycles. The van der Waals surface area contributed by atoms with E-state index in [-0.39, 0.29) is 18.6 Å². The lowest BCUT2D eigenvalue weighted by molar-refractivity contribution is 0.0527. The average Bonchev–Trinajstić information content (AvgIpc) is 2.30. The van der Waals surface area contributed by atoms with E-state index in [2.05, 4.69) is 10.3 Å². The van der Waals surface area contributed by atoms with Crippen molar-refractivity contribution in [1.29, 1.82) is 0 Å². The highest BCUT2D eigenvalue weighted by molar-refractivity contribution is 5.94. The molecule has 0 amide bonds. The van der Waals surface area contributed by atoms with Crippen LogP contribution >= 0.6 is 0 Å². The SMILES string of the molecule is CCOC(=O)c1cccnc1NC(C)CCO. The Morgan fingerprint density at radius 2 is 2.41 bits per heavy atom. The maximum Gasteiger partial charge on any atom is 0.341 e. The first-order chi connectivity index (χ1) is 8.19. The minimum Gasteiger partial charge on any atom is -0.462 e. The number of aliphatic hydroxyl groups is 1. The second-order valence-electron chi connectivity index (χ2n) is 3.68. The summed E-state index contributed by atoms with van der Waals surface area (Å²) >= 11 is 0. The number of aliphatic hydroxyl groups excluding tert-OH is 1. The highest BCUT2D eigenvalue weighted by atomic mass is 16.5. The third-order valence-corrected chi connectivity index (χ3v) is 2.25. The summed E-state index contributed by atoms with van der Waals surface area (Å²) in [5, 5.41) is 11.9. The topological polar surface area (TPSA) is 71.5 Å². The van der Waals surface area contributed by atoms with Gasteiger partial charge in [0.25, 0.3) is 0 Å². The van der Waals surface area contributed by atoms with Crippen molar-refractivity contribution in [2.75, 3.05) is 18.5 Å². The highest BCUT2D eigenvalue weighted by Crippen LogP contribution is 2.14. The summed E-state index contributed by atoms with van der Waals surface area (Å²) in [6.07, 6.45) is 2.20. The molecule has 0 bridgehead atoms. The van der Waals surface area contributed by atoms with Crippen LogP contribution in [0.5, 0.6) is 0 Å². The van der Waals surface area contributed by atoms with Crippen LogP contribution in [0.3, 0.4) is 0 Å². The summed E-state index contributed by atoms with van der Waals surface area (Å²) < 4.78 is 4.94. The van der Waals surface area contributed by atoms with Gasteiger partial charge in [0.1, 0.15) is 11.4 Å². The lowest BCUT2D eigenvalue weighted by Gasteiger charge is -2.15. The van der Waals surface area contributed by atoms with E-state index in [0.717, 1.165) is 0 Å². The summed E-state index contributed by atoms with van der Waals surface area (Å²) in [6, 6.07) is 3.40. The molecule has 94 valence electrons. The number of anilines is 1. The number of nitrogens with one attached hydrogen (secondary N) is 1. The average molecular weight is 238 g/mol. The number of carbonyl (C=O) groups excluding carboxylic acids is 1. The Labute approximate surface area is 101 Å². The van der Waals surface area contributed by atoms with Crippen molar-refractivity contribution in [1.82, 2.24) is 4.98 Å². The number of rotatable bonds is 6. The number of hydrogen-bond acceptors (Lipinski definition) is 5. The van der Waals surface area contributed by atoms with E-state index >= 15 is 0 Å². The van der Waals surface area contributed by atoms with E-state index in [1.54, 1.807) is 25.3 Å². The van der Waals surface area contributed by atoms with Crippen molar-refractivity contribution in [2.45, 2.75) is 26.3 Å². The first-order valence-electron chi connectivity index (χ1n) is 5.68. The number of nitrogens with zero attached hydrogens (tertiary/aromatic N) is 1. The van der Waals surface area contributed by atoms with Gasteiger partial charge in [0, 0.05) is 18.8 Å². The van der Waals surface area contributed by atoms with Gasteiger partial charge in [-0.2, -0.15) is 0 Å². The lowest BCUT2D eigenvalue weighted by Crippen LogP contribution is -2.20. The number of carbonyl (C=O) groups is 1. The summed E-state index contributed by atoms with van der Waals surface area (Å²) in [5.41, 5.74) is 0.416. The third kappa shape index (κ3) is 4.03. The van der Waals surface area contributed by atoms with Crippen molar-refractivity contribution in [3.05, 3.63) is 23.9 Å². The number of ether oxygens (including phenoxy) is 1. The zero-order chi connectivity index (χ0) is 12.7. The molecule has 2 N–H and O–H groups in total. The standard InChI is InChI=1S/C12H18N2O3/c1-3-17-12(16)10-5-4-7-13-11(10)14-9(2)6-8-15/h4-5,7,9,15H,3,6,8H2,1-2H3,(H,13,14). The van der Waals surface area contributed by atoms with Crippen LogP contribution in [0.1, 0.15) is 30.6 Å². The van der Waals surface area contributed by atoms with Gasteiger partial charge in [0.15, 0.2) is 0 Å². The van der Waals surface area contributed by atoms with Crippen LogP contribution in [0.2, 0.25) is 0 Å². The van der Waals surface area contributed by atoms with E-state index in [1.165, 1.54) is 0 Å². The Hall–Kier alpha value is -1.62. The van der Waals surface area contributed by atoms with Crippen LogP contribution in [0.25, 0.3) is 0 Å². The molecule has 1 aromatic heterocycles. The zero-order valence-electron chi connectivity index (χ0n) is 10.1. The summed E-state index contributed by atoms with van der Waals surface area (Å²) in [7, 11) is 0. The number of esters is 1. The minimum atomic E-state index is -0.390. The van der Waals surface area contributed by atoms with E-state index in [9.17, 15) is 4.79 Å². The molecule has 5 heteroatoms. The van der Waals surface area contributed by atoms with E-state index in [1.807, 2.05) is 6.92 Å². The fourth-order valence-corrected chi connectivity index (χ4v) is 1.39. The molecule has 0 aliphatic rings. The summed E-state index contributed by atoms with van der Waals surface area (Å²) in [5.74, 6) is 0.103. The normalized spacial score (nSPS) is 11.9. The van der Waals surface area contributed by atoms with Crippen molar-refractivity contribution < 1.29 is 14.6 Å². The maximum atomic E-state index is 11.7. The van der Waals surface area contributed by atoms with Crippen LogP contribution in [-0.2, 0) is 4.74 Å². The van der Waals surface area contributed by atoms with Gasteiger partial charge in [-0.1, -0.05) is 0 Å². The molecule has 1 rings (SSSR count). The second kappa shape index (κ2) is 6.85. The molecule has 0 radical (unpaired) electrons. The molecule has 1 heterocycles. The van der Waals surface area contributed by atoms with Crippen molar-refractivity contribution in [3.63, 3.8) is 0 Å². The molecule has 0 saturated carbocycles. The zero-order valence-corrected chi connectivity index (χ0v) is 10.1. The molecule has 0 aromatic carbocycles. The van der Waals surface area contributed by atoms with Gasteiger partial charge in [0.05, 0.1) is 6.61 Å². The molecule has 0 fully saturated rings. The van der Waals surface area contributed by atoms with Gasteiger partial charge < -0.3 is 15.2 Å². The lowest BCUT2D eigenvalue weighted by atomic mass is 10.2. The largest absolute Gasteiger partial charge is 0.462 e. The number of aromatic nitrogens is 1. The van der Waals surface area contributed by atoms with Crippen molar-refractivity contribution in [3.8, 4) is 0 Å². The van der Waals surface area contributed by atoms with Crippen LogP contribution in [0, 0.1) is 0 Å². The highest BCUT2D eigenvalue weighted by Gasteiger charge is 2.14. The Balaban J connectivity index is 2.80. The van der Waals surface area contributed by atoms with Crippen LogP contribution in [0.15, 0.2) is 18.3 Å². The molecular formula is C12H18N2O3. The molecule has 0 aliphatic carbocycles. The molecular weight excluding hydrogens is 220 g/mol. The molecule has 0 spiro atoms. The van der Waals surface area contributed by atoms with Crippen LogP contribution < -0.4 is 5.32 Å². The first kappa shape index (κ1) is 13.4. The van der Waals surface area contributed by atoms with Crippen molar-refractivity contribution in [2.24, 2.45) is 0 Å². The van der Waals surface area contributed by atoms with Gasteiger partial charge >= 0.3 is 5.97 Å². The summed E-state index contributed by atoms with van der Waals surface area (Å²) in [6.45, 7) is 4.10. The van der Waals surface area contributed by atoms with E-state index in [4.69, 9.17) is 9.84 Å². The monoisotopic (exact) mass is 238 g/mol. The van der Waals surface area contributed by atoms with Crippen molar-refractivity contribution >= 4 is 11.8 Å². The van der Waals surface area contributed by atoms with E-state index < -0.39 is 0 Å². The third-order valence-electron chi connectivity index (χ3n) is 2.25. The van der Waals surface area contributed by atoms with Crippen LogP contribution in [0.4, 0.5) is 5.82 Å². The molecule has 5 nitrogen and oxygen atoms in total. The Morgan fingerprint density at radius 3 is 3.06 bits per heavy atom. The fraction of sp³-hybridized carbons (Fsp3) is 0.500. The second-order valence-corrected chi connectivity index (χ2v) is 3.68. The predicted octanol–water partition coefficient (Wildman–Crippen LogP) is 1.44. The van der Waals surface area contributed by atoms with Gasteiger partial charge in [-0.15, -0.1) is 0 Å². The molecule has 1 aromatic rings. The fourth-order valence-electron chi connectivity index (χ4n) is 1.39. The Morgan fingerprint density at radius 1 is 1.65 bits per heavy atom. The molecule has 17 heavy (non-hydrogen) atoms. The minimum absolute atomic E-state index is 0.0445. The summed E-state index contributed by atoms with van der Waals surface area (Å²) in [4.78, 5) is 15.8. The Kier molecular flexibility index (Phi) is 5.42. The van der Waals surface area contributed by atoms with E-state index in [0.29, 0.717) is 24.4 Å². The van der Waals surface area contributed by atoms with Gasteiger partial charge in [-0.25, -0.2) is 9.78 Å². The smallest absolute Gasteiger partial charge is 0.341 e. The number of hydrogen-bond donors (Lipinski definition) is 2. The van der Waals surface area contributed by atoms with Gasteiger partial charge in [-0.05, 0) is 32.4 Å². The Bertz CT molecular complexity index is 369. The quantitative estimate of drug-likeness (QED) is 0.734. The van der Waals surface area contributed by atoms with Gasteiger partial charge in [0.2, 0.25) is 0 Å². The van der Waals surface area contributed by atoms with Gasteiger partial charge in [-0.3, -0.25) is 0 Å². The molecule has 1 atom stereocenters. The first-order valence-corrected chi connectivity index (χ1v) is 5.68. The maximum absolute atomic E-state index is 11.7. The predicted molar refractivity (Wildman–Crippen MR) is 65.0 cm³/mol. The molecule has 0 aliphatic heterocycles. The van der Waals surface area contributed by atoms with Crippen LogP contribution in [-0.4, -0.2) is 35.3 Å². The molecule has 1 unspecified atom stereocenters.